The first-order chi connectivity index (χ1) is 17.5. The highest BCUT2D eigenvalue weighted by Gasteiger charge is 2.36. The van der Waals surface area contributed by atoms with Gasteiger partial charge in [-0.3, -0.25) is 9.69 Å². The van der Waals surface area contributed by atoms with Crippen molar-refractivity contribution in [1.82, 2.24) is 14.9 Å². The van der Waals surface area contributed by atoms with E-state index in [1.54, 1.807) is 7.11 Å². The van der Waals surface area contributed by atoms with E-state index < -0.39 is 17.3 Å². The van der Waals surface area contributed by atoms with Crippen LogP contribution in [-0.2, 0) is 22.8 Å². The minimum Gasteiger partial charge on any atom is -0.497 e. The summed E-state index contributed by atoms with van der Waals surface area (Å²) in [6.07, 6.45) is -1.44. The number of unbranched alkanes of at least 4 members (excludes halogenated alkanes) is 1. The Labute approximate surface area is 216 Å². The molecule has 2 aromatic rings. The van der Waals surface area contributed by atoms with Crippen LogP contribution in [0, 0.1) is 0 Å². The molecule has 1 fully saturated rings. The van der Waals surface area contributed by atoms with Crippen molar-refractivity contribution in [3.8, 4) is 5.75 Å². The van der Waals surface area contributed by atoms with Gasteiger partial charge in [-0.1, -0.05) is 20.8 Å². The van der Waals surface area contributed by atoms with Crippen LogP contribution in [0.25, 0.3) is 0 Å². The highest BCUT2D eigenvalue weighted by Crippen LogP contribution is 2.33. The molecule has 1 amide bonds. The molecule has 37 heavy (non-hydrogen) atoms. The summed E-state index contributed by atoms with van der Waals surface area (Å²) in [4.78, 5) is 26.9. The molecule has 0 saturated carbocycles. The van der Waals surface area contributed by atoms with Crippen LogP contribution < -0.4 is 14.5 Å². The standard InChI is InChI=1S/C27H36F3N5O2/c1-26(2,3)25-31-22(27(28,29)30)18-23(32-25)34-15-13-33(14-16-34)11-5-6-12-35-21-9-8-20(37-4)17-19(21)7-10-24(35)36/h8-9,17-18H,5-7,10-16H2,1-4H3. The van der Waals surface area contributed by atoms with Crippen LogP contribution in [0.1, 0.15) is 57.1 Å². The second-order valence-electron chi connectivity index (χ2n) is 10.8. The Kier molecular flexibility index (Phi) is 7.96. The van der Waals surface area contributed by atoms with E-state index in [4.69, 9.17) is 4.74 Å². The van der Waals surface area contributed by atoms with Gasteiger partial charge in [-0.15, -0.1) is 0 Å². The number of benzene rings is 1. The van der Waals surface area contributed by atoms with Crippen LogP contribution in [0.15, 0.2) is 24.3 Å². The van der Waals surface area contributed by atoms with Gasteiger partial charge in [-0.2, -0.15) is 13.2 Å². The third-order valence-corrected chi connectivity index (χ3v) is 6.96. The largest absolute Gasteiger partial charge is 0.497 e. The van der Waals surface area contributed by atoms with Crippen molar-refractivity contribution in [2.45, 2.75) is 58.0 Å². The van der Waals surface area contributed by atoms with Gasteiger partial charge in [0, 0.05) is 56.3 Å². The highest BCUT2D eigenvalue weighted by atomic mass is 19.4. The van der Waals surface area contributed by atoms with Gasteiger partial charge >= 0.3 is 6.18 Å². The number of ether oxygens (including phenoxy) is 1. The zero-order chi connectivity index (χ0) is 26.8. The second-order valence-corrected chi connectivity index (χ2v) is 10.8. The Morgan fingerprint density at radius 2 is 1.65 bits per heavy atom. The molecule has 3 heterocycles. The van der Waals surface area contributed by atoms with E-state index in [0.717, 1.165) is 62.0 Å². The topological polar surface area (TPSA) is 61.8 Å². The van der Waals surface area contributed by atoms with Gasteiger partial charge in [-0.05, 0) is 49.6 Å². The molecule has 4 rings (SSSR count). The predicted molar refractivity (Wildman–Crippen MR) is 137 cm³/mol. The second kappa shape index (κ2) is 10.8. The van der Waals surface area contributed by atoms with Gasteiger partial charge in [0.15, 0.2) is 0 Å². The van der Waals surface area contributed by atoms with E-state index in [0.29, 0.717) is 31.9 Å². The number of carbonyl (C=O) groups excluding carboxylic acids is 1. The SMILES string of the molecule is COc1ccc2c(c1)CCC(=O)N2CCCCN1CCN(c2cc(C(F)(F)F)nc(C(C)(C)C)n2)CC1. The fourth-order valence-electron chi connectivity index (χ4n) is 4.79. The number of piperazine rings is 1. The smallest absolute Gasteiger partial charge is 0.433 e. The summed E-state index contributed by atoms with van der Waals surface area (Å²) < 4.78 is 45.7. The van der Waals surface area contributed by atoms with E-state index in [1.165, 1.54) is 0 Å². The van der Waals surface area contributed by atoms with Crippen molar-refractivity contribution < 1.29 is 22.7 Å². The van der Waals surface area contributed by atoms with E-state index in [9.17, 15) is 18.0 Å². The summed E-state index contributed by atoms with van der Waals surface area (Å²) >= 11 is 0. The van der Waals surface area contributed by atoms with Crippen LogP contribution in [0.4, 0.5) is 24.7 Å². The fourth-order valence-corrected chi connectivity index (χ4v) is 4.79. The van der Waals surface area contributed by atoms with Gasteiger partial charge in [0.05, 0.1) is 7.11 Å². The number of halogens is 3. The molecular weight excluding hydrogens is 483 g/mol. The van der Waals surface area contributed by atoms with Crippen LogP contribution in [0.3, 0.4) is 0 Å². The molecule has 1 aromatic carbocycles. The Hall–Kier alpha value is -2.88. The minimum absolute atomic E-state index is 0.156. The summed E-state index contributed by atoms with van der Waals surface area (Å²) in [5.41, 5.74) is 0.642. The summed E-state index contributed by atoms with van der Waals surface area (Å²) in [6.45, 7) is 9.73. The van der Waals surface area contributed by atoms with E-state index in [-0.39, 0.29) is 11.7 Å². The number of alkyl halides is 3. The van der Waals surface area contributed by atoms with Gasteiger partial charge in [-0.25, -0.2) is 9.97 Å². The third-order valence-electron chi connectivity index (χ3n) is 6.96. The van der Waals surface area contributed by atoms with E-state index in [2.05, 4.69) is 14.9 Å². The number of anilines is 2. The monoisotopic (exact) mass is 519 g/mol. The molecule has 10 heteroatoms. The molecule has 0 N–H and O–H groups in total. The molecule has 7 nitrogen and oxygen atoms in total. The molecule has 2 aliphatic rings. The minimum atomic E-state index is -4.51. The Morgan fingerprint density at radius 3 is 2.30 bits per heavy atom. The van der Waals surface area contributed by atoms with Crippen LogP contribution >= 0.6 is 0 Å². The zero-order valence-corrected chi connectivity index (χ0v) is 22.1. The van der Waals surface area contributed by atoms with Gasteiger partial charge < -0.3 is 14.5 Å². The Balaban J connectivity index is 1.29. The molecule has 0 unspecified atom stereocenters. The van der Waals surface area contributed by atoms with Gasteiger partial charge in [0.25, 0.3) is 0 Å². The fraction of sp³-hybridized carbons (Fsp3) is 0.593. The van der Waals surface area contributed by atoms with Crippen molar-refractivity contribution in [2.75, 3.05) is 56.2 Å². The maximum Gasteiger partial charge on any atom is 0.433 e. The molecule has 202 valence electrons. The lowest BCUT2D eigenvalue weighted by Crippen LogP contribution is -2.47. The van der Waals surface area contributed by atoms with Gasteiger partial charge in [0.1, 0.15) is 23.1 Å². The summed E-state index contributed by atoms with van der Waals surface area (Å²) in [6, 6.07) is 6.93. The van der Waals surface area contributed by atoms with Crippen molar-refractivity contribution in [3.05, 3.63) is 41.3 Å². The molecule has 1 aromatic heterocycles. The predicted octanol–water partition coefficient (Wildman–Crippen LogP) is 4.68. The summed E-state index contributed by atoms with van der Waals surface area (Å²) in [5.74, 6) is 1.50. The Bertz CT molecular complexity index is 1080. The maximum atomic E-state index is 13.5. The van der Waals surface area contributed by atoms with Crippen LogP contribution in [-0.4, -0.2) is 67.2 Å². The number of fused-ring (bicyclic) bond motifs is 1. The van der Waals surface area contributed by atoms with Crippen molar-refractivity contribution in [1.29, 1.82) is 0 Å². The molecule has 0 aliphatic carbocycles. The van der Waals surface area contributed by atoms with Crippen LogP contribution in [0.5, 0.6) is 5.75 Å². The molecule has 0 atom stereocenters. The van der Waals surface area contributed by atoms with Crippen LogP contribution in [0.2, 0.25) is 0 Å². The average molecular weight is 520 g/mol. The number of aryl methyl sites for hydroxylation is 1. The van der Waals surface area contributed by atoms with Crippen molar-refractivity contribution >= 4 is 17.4 Å². The number of amides is 1. The van der Waals surface area contributed by atoms with E-state index >= 15 is 0 Å². The first-order valence-electron chi connectivity index (χ1n) is 12.9. The lowest BCUT2D eigenvalue weighted by molar-refractivity contribution is -0.141. The van der Waals surface area contributed by atoms with Gasteiger partial charge in [0.2, 0.25) is 5.91 Å². The third kappa shape index (κ3) is 6.52. The average Bonchev–Trinajstić information content (AvgIpc) is 2.86. The maximum absolute atomic E-state index is 13.5. The lowest BCUT2D eigenvalue weighted by Gasteiger charge is -2.36. The van der Waals surface area contributed by atoms with Crippen molar-refractivity contribution in [2.24, 2.45) is 0 Å². The molecular formula is C27H36F3N5O2. The molecule has 1 saturated heterocycles. The normalized spacial score (nSPS) is 17.2. The number of nitrogens with zero attached hydrogens (tertiary/aromatic N) is 5. The Morgan fingerprint density at radius 1 is 0.946 bits per heavy atom. The number of hydrogen-bond donors (Lipinski definition) is 0. The molecule has 2 aliphatic heterocycles. The number of rotatable bonds is 7. The quantitative estimate of drug-likeness (QED) is 0.495. The lowest BCUT2D eigenvalue weighted by atomic mass is 9.95. The number of aromatic nitrogens is 2. The van der Waals surface area contributed by atoms with E-state index in [1.807, 2.05) is 48.8 Å². The molecule has 0 spiro atoms. The number of methoxy groups -OCH3 is 1. The summed E-state index contributed by atoms with van der Waals surface area (Å²) in [7, 11) is 1.64. The summed E-state index contributed by atoms with van der Waals surface area (Å²) in [5, 5.41) is 0. The number of hydrogen-bond acceptors (Lipinski definition) is 6. The zero-order valence-electron chi connectivity index (χ0n) is 22.1. The first-order valence-corrected chi connectivity index (χ1v) is 12.9. The van der Waals surface area contributed by atoms with Crippen molar-refractivity contribution in [3.63, 3.8) is 0 Å². The highest BCUT2D eigenvalue weighted by molar-refractivity contribution is 5.96. The molecule has 0 radical (unpaired) electrons. The number of carbonyl (C=O) groups is 1. The first kappa shape index (κ1) is 27.2. The molecule has 0 bridgehead atoms.